The van der Waals surface area contributed by atoms with Crippen LogP contribution < -0.4 is 9.47 Å². The molecule has 174 valence electrons. The molecule has 1 aromatic heterocycles. The first-order valence-electron chi connectivity index (χ1n) is 11.2. The quantitative estimate of drug-likeness (QED) is 0.455. The van der Waals surface area contributed by atoms with E-state index < -0.39 is 6.04 Å². The van der Waals surface area contributed by atoms with Crippen LogP contribution in [0.15, 0.2) is 30.3 Å². The van der Waals surface area contributed by atoms with E-state index in [1.807, 2.05) is 50.8 Å². The van der Waals surface area contributed by atoms with E-state index in [-0.39, 0.29) is 11.7 Å². The monoisotopic (exact) mass is 469 g/mol. The molecule has 2 aromatic carbocycles. The molecule has 0 saturated carbocycles. The maximum absolute atomic E-state index is 13.3. The summed E-state index contributed by atoms with van der Waals surface area (Å²) in [6.45, 7) is 9.28. The van der Waals surface area contributed by atoms with Crippen LogP contribution in [-0.2, 0) is 0 Å². The lowest BCUT2D eigenvalue weighted by atomic mass is 9.95. The minimum atomic E-state index is -0.393. The van der Waals surface area contributed by atoms with Gasteiger partial charge >= 0.3 is 0 Å². The Balaban J connectivity index is 1.90. The number of aromatic amines is 1. The van der Waals surface area contributed by atoms with Crippen molar-refractivity contribution in [2.75, 3.05) is 19.8 Å². The van der Waals surface area contributed by atoms with Crippen molar-refractivity contribution < 1.29 is 19.4 Å². The third kappa shape index (κ3) is 4.02. The van der Waals surface area contributed by atoms with E-state index in [1.165, 1.54) is 0 Å². The molecule has 0 bridgehead atoms. The number of aromatic hydroxyl groups is 1. The predicted molar refractivity (Wildman–Crippen MR) is 127 cm³/mol. The van der Waals surface area contributed by atoms with Gasteiger partial charge < -0.3 is 19.5 Å². The van der Waals surface area contributed by atoms with Gasteiger partial charge in [-0.15, -0.1) is 0 Å². The molecule has 0 saturated heterocycles. The number of rotatable bonds is 8. The standard InChI is InChI=1S/C25H28ClN3O4/c1-5-10-29-24(15-8-9-19(32-6-2)20(12-15)33-7-3)21-22(27-28-23(21)25(29)31)16-13-17(26)14(4)11-18(16)30/h8-9,11-13,24,30H,5-7,10H2,1-4H3,(H,27,28). The summed E-state index contributed by atoms with van der Waals surface area (Å²) in [6, 6.07) is 8.64. The molecule has 1 atom stereocenters. The number of aromatic nitrogens is 2. The molecule has 4 rings (SSSR count). The Hall–Kier alpha value is -3.19. The molecule has 2 N–H and O–H groups in total. The number of amides is 1. The first-order chi connectivity index (χ1) is 15.9. The van der Waals surface area contributed by atoms with E-state index in [0.717, 1.165) is 23.1 Å². The van der Waals surface area contributed by atoms with Gasteiger partial charge in [-0.25, -0.2) is 0 Å². The Morgan fingerprint density at radius 2 is 1.85 bits per heavy atom. The van der Waals surface area contributed by atoms with Crippen LogP contribution in [0.25, 0.3) is 11.3 Å². The van der Waals surface area contributed by atoms with Gasteiger partial charge in [0.1, 0.15) is 17.1 Å². The smallest absolute Gasteiger partial charge is 0.273 e. The molecule has 0 spiro atoms. The van der Waals surface area contributed by atoms with Crippen LogP contribution in [0.3, 0.4) is 0 Å². The molecule has 8 heteroatoms. The van der Waals surface area contributed by atoms with E-state index in [2.05, 4.69) is 10.2 Å². The maximum atomic E-state index is 13.3. The van der Waals surface area contributed by atoms with E-state index >= 15 is 0 Å². The van der Waals surface area contributed by atoms with Crippen molar-refractivity contribution in [3.63, 3.8) is 0 Å². The Labute approximate surface area is 198 Å². The molecule has 33 heavy (non-hydrogen) atoms. The number of carbonyl (C=O) groups is 1. The zero-order chi connectivity index (χ0) is 23.7. The van der Waals surface area contributed by atoms with E-state index in [0.29, 0.717) is 53.2 Å². The van der Waals surface area contributed by atoms with Crippen molar-refractivity contribution in [3.05, 3.63) is 57.7 Å². The SMILES string of the molecule is CCCN1C(=O)c2[nH]nc(-c3cc(Cl)c(C)cc3O)c2C1c1ccc(OCC)c(OCC)c1. The molecule has 2 heterocycles. The van der Waals surface area contributed by atoms with Crippen molar-refractivity contribution in [1.82, 2.24) is 15.1 Å². The number of fused-ring (bicyclic) bond motifs is 1. The summed E-state index contributed by atoms with van der Waals surface area (Å²) in [6.07, 6.45) is 0.798. The summed E-state index contributed by atoms with van der Waals surface area (Å²) in [5.74, 6) is 1.22. The van der Waals surface area contributed by atoms with Gasteiger partial charge in [0.15, 0.2) is 11.5 Å². The van der Waals surface area contributed by atoms with Crippen LogP contribution in [0.2, 0.25) is 5.02 Å². The van der Waals surface area contributed by atoms with Crippen LogP contribution in [0.1, 0.15) is 60.4 Å². The van der Waals surface area contributed by atoms with Gasteiger partial charge in [-0.2, -0.15) is 5.10 Å². The average Bonchev–Trinajstić information content (AvgIpc) is 3.32. The van der Waals surface area contributed by atoms with E-state index in [9.17, 15) is 9.90 Å². The van der Waals surface area contributed by atoms with Crippen molar-refractivity contribution in [2.24, 2.45) is 0 Å². The van der Waals surface area contributed by atoms with Gasteiger partial charge in [-0.1, -0.05) is 24.6 Å². The number of nitrogens with one attached hydrogen (secondary N) is 1. The highest BCUT2D eigenvalue weighted by Gasteiger charge is 2.42. The van der Waals surface area contributed by atoms with Gasteiger partial charge in [-0.3, -0.25) is 9.89 Å². The van der Waals surface area contributed by atoms with Crippen LogP contribution in [0, 0.1) is 6.92 Å². The molecule has 0 fully saturated rings. The number of halogens is 1. The Kier molecular flexibility index (Phi) is 6.51. The van der Waals surface area contributed by atoms with Crippen molar-refractivity contribution in [3.8, 4) is 28.5 Å². The van der Waals surface area contributed by atoms with Crippen LogP contribution in [0.4, 0.5) is 0 Å². The molecule has 1 unspecified atom stereocenters. The topological polar surface area (TPSA) is 87.7 Å². The maximum Gasteiger partial charge on any atom is 0.273 e. The van der Waals surface area contributed by atoms with Gasteiger partial charge in [0, 0.05) is 22.7 Å². The molecule has 0 radical (unpaired) electrons. The Morgan fingerprint density at radius 1 is 1.12 bits per heavy atom. The number of benzene rings is 2. The predicted octanol–water partition coefficient (Wildman–Crippen LogP) is 5.50. The summed E-state index contributed by atoms with van der Waals surface area (Å²) in [4.78, 5) is 15.1. The second-order valence-corrected chi connectivity index (χ2v) is 8.36. The second kappa shape index (κ2) is 9.35. The summed E-state index contributed by atoms with van der Waals surface area (Å²) in [5, 5.41) is 18.5. The largest absolute Gasteiger partial charge is 0.507 e. The zero-order valence-corrected chi connectivity index (χ0v) is 20.0. The fourth-order valence-corrected chi connectivity index (χ4v) is 4.48. The van der Waals surface area contributed by atoms with Crippen molar-refractivity contribution in [2.45, 2.75) is 40.2 Å². The molecule has 1 amide bonds. The number of carbonyl (C=O) groups excluding carboxylic acids is 1. The highest BCUT2D eigenvalue weighted by molar-refractivity contribution is 6.31. The molecular weight excluding hydrogens is 442 g/mol. The highest BCUT2D eigenvalue weighted by Crippen LogP contribution is 2.46. The first-order valence-corrected chi connectivity index (χ1v) is 11.6. The van der Waals surface area contributed by atoms with E-state index in [1.54, 1.807) is 12.1 Å². The number of hydrogen-bond acceptors (Lipinski definition) is 5. The Morgan fingerprint density at radius 3 is 2.55 bits per heavy atom. The lowest BCUT2D eigenvalue weighted by molar-refractivity contribution is 0.0743. The highest BCUT2D eigenvalue weighted by atomic mass is 35.5. The number of phenols is 1. The van der Waals surface area contributed by atoms with Crippen LogP contribution in [0.5, 0.6) is 17.2 Å². The minimum absolute atomic E-state index is 0.0630. The number of H-pyrrole nitrogens is 1. The van der Waals surface area contributed by atoms with Gasteiger partial charge in [0.25, 0.3) is 5.91 Å². The Bertz CT molecular complexity index is 1190. The summed E-state index contributed by atoms with van der Waals surface area (Å²) in [5.41, 5.74) is 3.77. The first kappa shape index (κ1) is 23.0. The third-order valence-electron chi connectivity index (χ3n) is 5.74. The lowest BCUT2D eigenvalue weighted by Gasteiger charge is -2.26. The normalized spacial score (nSPS) is 15.1. The molecule has 3 aromatic rings. The summed E-state index contributed by atoms with van der Waals surface area (Å²) >= 11 is 6.36. The number of phenolic OH excluding ortho intramolecular Hbond substituents is 1. The number of ether oxygens (including phenoxy) is 2. The van der Waals surface area contributed by atoms with Gasteiger partial charge in [-0.05, 0) is 62.6 Å². The van der Waals surface area contributed by atoms with Crippen molar-refractivity contribution in [1.29, 1.82) is 0 Å². The van der Waals surface area contributed by atoms with Gasteiger partial charge in [0.05, 0.1) is 19.3 Å². The number of nitrogens with zero attached hydrogens (tertiary/aromatic N) is 2. The molecular formula is C25H28ClN3O4. The summed E-state index contributed by atoms with van der Waals surface area (Å²) < 4.78 is 11.6. The van der Waals surface area contributed by atoms with Crippen LogP contribution >= 0.6 is 11.6 Å². The molecule has 0 aliphatic carbocycles. The van der Waals surface area contributed by atoms with Gasteiger partial charge in [0.2, 0.25) is 0 Å². The minimum Gasteiger partial charge on any atom is -0.507 e. The second-order valence-electron chi connectivity index (χ2n) is 7.95. The molecule has 1 aliphatic rings. The third-order valence-corrected chi connectivity index (χ3v) is 6.15. The molecule has 7 nitrogen and oxygen atoms in total. The fraction of sp³-hybridized carbons (Fsp3) is 0.360. The molecule has 1 aliphatic heterocycles. The number of hydrogen-bond donors (Lipinski definition) is 2. The fourth-order valence-electron chi connectivity index (χ4n) is 4.31. The average molecular weight is 470 g/mol. The lowest BCUT2D eigenvalue weighted by Crippen LogP contribution is -2.30. The van der Waals surface area contributed by atoms with E-state index in [4.69, 9.17) is 21.1 Å². The summed E-state index contributed by atoms with van der Waals surface area (Å²) in [7, 11) is 0. The zero-order valence-electron chi connectivity index (χ0n) is 19.2. The number of aryl methyl sites for hydroxylation is 1. The van der Waals surface area contributed by atoms with Crippen LogP contribution in [-0.4, -0.2) is 45.9 Å². The van der Waals surface area contributed by atoms with Crippen molar-refractivity contribution >= 4 is 17.5 Å².